The number of hydrazone groups is 1. The Bertz CT molecular complexity index is 777. The molecule has 23 heavy (non-hydrogen) atoms. The van der Waals surface area contributed by atoms with E-state index in [1.807, 2.05) is 0 Å². The quantitative estimate of drug-likeness (QED) is 0.517. The zero-order chi connectivity index (χ0) is 16.8. The van der Waals surface area contributed by atoms with Gasteiger partial charge in [0.1, 0.15) is 10.8 Å². The van der Waals surface area contributed by atoms with Gasteiger partial charge in [0.15, 0.2) is 0 Å². The van der Waals surface area contributed by atoms with Gasteiger partial charge in [-0.25, -0.2) is 5.43 Å². The molecule has 0 fully saturated rings. The average Bonchev–Trinajstić information content (AvgIpc) is 2.56. The van der Waals surface area contributed by atoms with Crippen LogP contribution in [0.5, 0.6) is 5.75 Å². The number of nitro groups is 1. The Labute approximate surface area is 136 Å². The van der Waals surface area contributed by atoms with Gasteiger partial charge in [0.25, 0.3) is 11.6 Å². The highest BCUT2D eigenvalue weighted by atomic mass is 35.5. The number of carbonyl (C=O) groups excluding carboxylic acids is 1. The molecule has 2 aromatic carbocycles. The Hall–Kier alpha value is -2.93. The largest absolute Gasteiger partial charge is 0.497 e. The van der Waals surface area contributed by atoms with Gasteiger partial charge in [0.05, 0.1) is 18.2 Å². The summed E-state index contributed by atoms with van der Waals surface area (Å²) in [6, 6.07) is 10.8. The van der Waals surface area contributed by atoms with Crippen molar-refractivity contribution in [2.24, 2.45) is 5.10 Å². The highest BCUT2D eigenvalue weighted by Gasteiger charge is 2.12. The molecule has 2 aromatic rings. The molecule has 8 heteroatoms. The van der Waals surface area contributed by atoms with Crippen molar-refractivity contribution in [3.05, 3.63) is 68.7 Å². The predicted molar refractivity (Wildman–Crippen MR) is 86.2 cm³/mol. The smallest absolute Gasteiger partial charge is 0.288 e. The van der Waals surface area contributed by atoms with Crippen molar-refractivity contribution in [1.82, 2.24) is 5.43 Å². The third kappa shape index (κ3) is 4.27. The van der Waals surface area contributed by atoms with Crippen LogP contribution >= 0.6 is 11.6 Å². The molecule has 1 amide bonds. The Morgan fingerprint density at radius 1 is 1.35 bits per heavy atom. The number of ether oxygens (including phenoxy) is 1. The molecule has 0 aliphatic heterocycles. The van der Waals surface area contributed by atoms with Gasteiger partial charge in [0.2, 0.25) is 0 Å². The lowest BCUT2D eigenvalue weighted by Crippen LogP contribution is -2.17. The second-order valence-corrected chi connectivity index (χ2v) is 4.81. The zero-order valence-corrected chi connectivity index (χ0v) is 12.8. The molecule has 0 heterocycles. The van der Waals surface area contributed by atoms with E-state index in [1.165, 1.54) is 25.5 Å². The lowest BCUT2D eigenvalue weighted by Gasteiger charge is -2.03. The molecule has 0 aliphatic rings. The SMILES string of the molecule is COc1cccc(C(=O)N/N=C/c2ccc(Cl)c([N+](=O)[O-])c2)c1. The van der Waals surface area contributed by atoms with Gasteiger partial charge >= 0.3 is 0 Å². The van der Waals surface area contributed by atoms with E-state index in [9.17, 15) is 14.9 Å². The molecule has 118 valence electrons. The maximum absolute atomic E-state index is 11.9. The molecule has 2 rings (SSSR count). The summed E-state index contributed by atoms with van der Waals surface area (Å²) < 4.78 is 5.03. The van der Waals surface area contributed by atoms with E-state index in [-0.39, 0.29) is 10.7 Å². The van der Waals surface area contributed by atoms with Crippen LogP contribution in [-0.4, -0.2) is 24.2 Å². The first kappa shape index (κ1) is 16.4. The second kappa shape index (κ2) is 7.37. The number of methoxy groups -OCH3 is 1. The molecule has 0 aliphatic carbocycles. The minimum Gasteiger partial charge on any atom is -0.497 e. The van der Waals surface area contributed by atoms with E-state index >= 15 is 0 Å². The first-order chi connectivity index (χ1) is 11.0. The maximum atomic E-state index is 11.9. The summed E-state index contributed by atoms with van der Waals surface area (Å²) in [5.74, 6) is 0.124. The van der Waals surface area contributed by atoms with Crippen molar-refractivity contribution >= 4 is 29.4 Å². The van der Waals surface area contributed by atoms with Gasteiger partial charge < -0.3 is 4.74 Å². The molecule has 0 unspecified atom stereocenters. The Kier molecular flexibility index (Phi) is 5.27. The number of carbonyl (C=O) groups is 1. The number of halogens is 1. The van der Waals surface area contributed by atoms with Crippen molar-refractivity contribution < 1.29 is 14.5 Å². The highest BCUT2D eigenvalue weighted by Crippen LogP contribution is 2.24. The number of amides is 1. The summed E-state index contributed by atoms with van der Waals surface area (Å²) in [5.41, 5.74) is 2.92. The van der Waals surface area contributed by atoms with Crippen LogP contribution in [0.3, 0.4) is 0 Å². The van der Waals surface area contributed by atoms with Crippen molar-refractivity contribution in [3.8, 4) is 5.75 Å². The molecular formula is C15H12ClN3O4. The van der Waals surface area contributed by atoms with E-state index in [4.69, 9.17) is 16.3 Å². The standard InChI is InChI=1S/C15H12ClN3O4/c1-23-12-4-2-3-11(8-12)15(20)18-17-9-10-5-6-13(16)14(7-10)19(21)22/h2-9H,1H3,(H,18,20)/b17-9+. The fraction of sp³-hybridized carbons (Fsp3) is 0.0667. The number of benzene rings is 2. The van der Waals surface area contributed by atoms with Crippen molar-refractivity contribution in [1.29, 1.82) is 0 Å². The van der Waals surface area contributed by atoms with Gasteiger partial charge in [-0.2, -0.15) is 5.10 Å². The number of hydrogen-bond acceptors (Lipinski definition) is 5. The van der Waals surface area contributed by atoms with E-state index in [0.717, 1.165) is 0 Å². The molecule has 0 saturated heterocycles. The Morgan fingerprint density at radius 2 is 2.13 bits per heavy atom. The van der Waals surface area contributed by atoms with Gasteiger partial charge in [-0.05, 0) is 24.3 Å². The summed E-state index contributed by atoms with van der Waals surface area (Å²) >= 11 is 5.72. The van der Waals surface area contributed by atoms with Crippen LogP contribution < -0.4 is 10.2 Å². The molecule has 7 nitrogen and oxygen atoms in total. The van der Waals surface area contributed by atoms with Crippen LogP contribution in [0.25, 0.3) is 0 Å². The molecule has 0 spiro atoms. The Morgan fingerprint density at radius 3 is 2.83 bits per heavy atom. The third-order valence-corrected chi connectivity index (χ3v) is 3.20. The minimum absolute atomic E-state index is 0.0348. The first-order valence-corrected chi connectivity index (χ1v) is 6.80. The maximum Gasteiger partial charge on any atom is 0.288 e. The first-order valence-electron chi connectivity index (χ1n) is 6.42. The highest BCUT2D eigenvalue weighted by molar-refractivity contribution is 6.32. The molecule has 0 atom stereocenters. The van der Waals surface area contributed by atoms with Crippen LogP contribution in [0.4, 0.5) is 5.69 Å². The number of hydrogen-bond donors (Lipinski definition) is 1. The van der Waals surface area contributed by atoms with Crippen molar-refractivity contribution in [2.75, 3.05) is 7.11 Å². The van der Waals surface area contributed by atoms with Crippen LogP contribution in [0.2, 0.25) is 5.02 Å². The fourth-order valence-corrected chi connectivity index (χ4v) is 1.93. The lowest BCUT2D eigenvalue weighted by atomic mass is 10.2. The molecule has 0 saturated carbocycles. The summed E-state index contributed by atoms with van der Waals surface area (Å²) in [4.78, 5) is 22.1. The predicted octanol–water partition coefficient (Wildman–Crippen LogP) is 3.02. The van der Waals surface area contributed by atoms with E-state index in [2.05, 4.69) is 10.5 Å². The van der Waals surface area contributed by atoms with E-state index in [0.29, 0.717) is 16.9 Å². The van der Waals surface area contributed by atoms with Crippen LogP contribution in [0.1, 0.15) is 15.9 Å². The molecular weight excluding hydrogens is 322 g/mol. The molecule has 1 N–H and O–H groups in total. The van der Waals surface area contributed by atoms with Crippen molar-refractivity contribution in [2.45, 2.75) is 0 Å². The third-order valence-electron chi connectivity index (χ3n) is 2.88. The summed E-state index contributed by atoms with van der Waals surface area (Å²) in [5, 5.41) is 14.6. The lowest BCUT2D eigenvalue weighted by molar-refractivity contribution is -0.384. The second-order valence-electron chi connectivity index (χ2n) is 4.40. The van der Waals surface area contributed by atoms with E-state index in [1.54, 1.807) is 30.3 Å². The summed E-state index contributed by atoms with van der Waals surface area (Å²) in [6.45, 7) is 0. The number of nitrogens with one attached hydrogen (secondary N) is 1. The number of nitrogens with zero attached hydrogens (tertiary/aromatic N) is 2. The normalized spacial score (nSPS) is 10.5. The summed E-state index contributed by atoms with van der Waals surface area (Å²) in [6.07, 6.45) is 1.29. The van der Waals surface area contributed by atoms with Gasteiger partial charge in [-0.1, -0.05) is 23.7 Å². The van der Waals surface area contributed by atoms with Gasteiger partial charge in [0, 0.05) is 17.2 Å². The average molecular weight is 334 g/mol. The van der Waals surface area contributed by atoms with Gasteiger partial charge in [-0.15, -0.1) is 0 Å². The number of rotatable bonds is 5. The Balaban J connectivity index is 2.08. The van der Waals surface area contributed by atoms with Crippen LogP contribution in [0, 0.1) is 10.1 Å². The number of nitro benzene ring substituents is 1. The monoisotopic (exact) mass is 333 g/mol. The van der Waals surface area contributed by atoms with Crippen LogP contribution in [0.15, 0.2) is 47.6 Å². The topological polar surface area (TPSA) is 93.8 Å². The summed E-state index contributed by atoms with van der Waals surface area (Å²) in [7, 11) is 1.50. The van der Waals surface area contributed by atoms with Crippen LogP contribution in [-0.2, 0) is 0 Å². The minimum atomic E-state index is -0.589. The molecule has 0 bridgehead atoms. The van der Waals surface area contributed by atoms with E-state index < -0.39 is 10.8 Å². The molecule has 0 aromatic heterocycles. The molecule has 0 radical (unpaired) electrons. The van der Waals surface area contributed by atoms with Crippen molar-refractivity contribution in [3.63, 3.8) is 0 Å². The van der Waals surface area contributed by atoms with Gasteiger partial charge in [-0.3, -0.25) is 14.9 Å². The zero-order valence-electron chi connectivity index (χ0n) is 12.0. The fourth-order valence-electron chi connectivity index (χ4n) is 1.74.